The average Bonchev–Trinajstić information content (AvgIpc) is 3.28. The number of aliphatic hydroxyl groups is 1. The minimum absolute atomic E-state index is 0.0537. The first kappa shape index (κ1) is 34.0. The molecule has 47 heavy (non-hydrogen) atoms. The number of hydrogen-bond acceptors (Lipinski definition) is 3. The quantitative estimate of drug-likeness (QED) is 0.234. The van der Waals surface area contributed by atoms with Crippen LogP contribution in [-0.4, -0.2) is 28.4 Å². The molecule has 0 heterocycles. The van der Waals surface area contributed by atoms with Crippen LogP contribution in [0, 0.1) is 45.8 Å². The predicted molar refractivity (Wildman–Crippen MR) is 193 cm³/mol. The third-order valence-corrected chi connectivity index (χ3v) is 14.5. The molecule has 4 aliphatic carbocycles. The van der Waals surface area contributed by atoms with Crippen LogP contribution in [0.4, 0.5) is 0 Å². The largest absolute Gasteiger partial charge is 0.491 e. The number of carbonyl (C=O) groups is 1. The van der Waals surface area contributed by atoms with Crippen LogP contribution in [0.15, 0.2) is 71.5 Å². The van der Waals surface area contributed by atoms with E-state index in [1.54, 1.807) is 0 Å². The lowest BCUT2D eigenvalue weighted by atomic mass is 9.36. The zero-order chi connectivity index (χ0) is 34.1. The molecular weight excluding hydrogens is 580 g/mol. The van der Waals surface area contributed by atoms with E-state index in [1.807, 2.05) is 6.92 Å². The minimum Gasteiger partial charge on any atom is -0.491 e. The molecule has 0 bridgehead atoms. The summed E-state index contributed by atoms with van der Waals surface area (Å²) in [6, 6.07) is 14.8. The van der Waals surface area contributed by atoms with E-state index in [9.17, 15) is 15.0 Å². The van der Waals surface area contributed by atoms with Gasteiger partial charge in [0.1, 0.15) is 6.10 Å². The van der Waals surface area contributed by atoms with Gasteiger partial charge >= 0.3 is 5.97 Å². The number of carboxylic acid groups (broad SMARTS) is 1. The van der Waals surface area contributed by atoms with Crippen LogP contribution in [0.25, 0.3) is 16.3 Å². The van der Waals surface area contributed by atoms with Gasteiger partial charge in [-0.3, -0.25) is 0 Å². The van der Waals surface area contributed by atoms with E-state index in [1.165, 1.54) is 40.3 Å². The van der Waals surface area contributed by atoms with Crippen molar-refractivity contribution in [2.45, 2.75) is 119 Å². The van der Waals surface area contributed by atoms with Crippen molar-refractivity contribution in [3.8, 4) is 0 Å². The molecule has 4 saturated carbocycles. The second kappa shape index (κ2) is 12.2. The first-order chi connectivity index (χ1) is 22.1. The second-order valence-corrected chi connectivity index (χ2v) is 17.0. The van der Waals surface area contributed by atoms with Crippen molar-refractivity contribution in [3.63, 3.8) is 0 Å². The van der Waals surface area contributed by atoms with Crippen molar-refractivity contribution < 1.29 is 19.7 Å². The zero-order valence-electron chi connectivity index (χ0n) is 30.2. The molecule has 4 fully saturated rings. The van der Waals surface area contributed by atoms with Crippen LogP contribution in [0.5, 0.6) is 0 Å². The number of hydrogen-bond donors (Lipinski definition) is 2. The SMILES string of the molecule is C=C(C)OC1C[C@@]2(C)[C@@H](C[C@@H](O)[C@H]3[C@@]4(C)CC[C@@H](C)[C@H](C)[C@@H]4CC[C@@]32C)/C1=C(/CCC(=C(C)C)c1cccc2ccccc12)C(=O)O. The Kier molecular flexibility index (Phi) is 8.86. The van der Waals surface area contributed by atoms with Crippen molar-refractivity contribution in [2.24, 2.45) is 45.8 Å². The van der Waals surface area contributed by atoms with Crippen LogP contribution in [0.1, 0.15) is 112 Å². The summed E-state index contributed by atoms with van der Waals surface area (Å²) in [6.07, 6.45) is 6.22. The van der Waals surface area contributed by atoms with Crippen LogP contribution in [0.3, 0.4) is 0 Å². The van der Waals surface area contributed by atoms with Gasteiger partial charge in [-0.1, -0.05) is 89.2 Å². The van der Waals surface area contributed by atoms with Crippen molar-refractivity contribution >= 4 is 22.3 Å². The molecule has 2 N–H and O–H groups in total. The summed E-state index contributed by atoms with van der Waals surface area (Å²) in [5, 5.41) is 25.6. The van der Waals surface area contributed by atoms with Crippen LogP contribution >= 0.6 is 0 Å². The highest BCUT2D eigenvalue weighted by Gasteiger charge is 2.70. The number of aliphatic hydroxyl groups excluding tert-OH is 1. The Hall–Kier alpha value is -2.85. The lowest BCUT2D eigenvalue weighted by Crippen LogP contribution is -2.65. The van der Waals surface area contributed by atoms with Gasteiger partial charge < -0.3 is 14.9 Å². The fourth-order valence-electron chi connectivity index (χ4n) is 11.9. The first-order valence-corrected chi connectivity index (χ1v) is 18.2. The van der Waals surface area contributed by atoms with Crippen LogP contribution in [-0.2, 0) is 9.53 Å². The van der Waals surface area contributed by atoms with E-state index in [2.05, 4.69) is 97.5 Å². The number of aliphatic carboxylic acids is 1. The molecule has 0 aliphatic heterocycles. The summed E-state index contributed by atoms with van der Waals surface area (Å²) in [7, 11) is 0. The van der Waals surface area contributed by atoms with Crippen molar-refractivity contribution in [3.05, 3.63) is 77.1 Å². The summed E-state index contributed by atoms with van der Waals surface area (Å²) < 4.78 is 6.52. The molecule has 0 radical (unpaired) electrons. The molecule has 6 rings (SSSR count). The van der Waals surface area contributed by atoms with Gasteiger partial charge in [0.05, 0.1) is 11.9 Å². The van der Waals surface area contributed by atoms with Gasteiger partial charge in [0, 0.05) is 5.57 Å². The van der Waals surface area contributed by atoms with Crippen molar-refractivity contribution in [1.29, 1.82) is 0 Å². The Morgan fingerprint density at radius 3 is 2.34 bits per heavy atom. The Morgan fingerprint density at radius 2 is 1.66 bits per heavy atom. The van der Waals surface area contributed by atoms with E-state index in [4.69, 9.17) is 4.74 Å². The zero-order valence-corrected chi connectivity index (χ0v) is 30.2. The molecule has 0 spiro atoms. The summed E-state index contributed by atoms with van der Waals surface area (Å²) in [4.78, 5) is 13.4. The molecule has 4 heteroatoms. The minimum atomic E-state index is -0.863. The van der Waals surface area contributed by atoms with Gasteiger partial charge in [0.25, 0.3) is 0 Å². The topological polar surface area (TPSA) is 66.8 Å². The summed E-state index contributed by atoms with van der Waals surface area (Å²) in [6.45, 7) is 22.4. The summed E-state index contributed by atoms with van der Waals surface area (Å²) >= 11 is 0. The highest BCUT2D eigenvalue weighted by Crippen LogP contribution is 2.74. The maximum atomic E-state index is 13.4. The molecule has 2 aromatic rings. The standard InChI is InChI=1S/C43H58O4/c1-25(2)30(32-16-12-14-29-13-10-11-15-31(29)32)17-18-33(40(45)46)38-35-23-36(44)39-41(7)21-19-27(5)28(6)34(41)20-22-42(39,8)43(35,9)24-37(38)47-26(3)4/h10-16,27-28,34-37,39,44H,3,17-24H2,1-2,4-9H3,(H,45,46)/b38-33+/t27-,28+,34+,35+,36-,37?,39+,41+,42+,43+/m1/s1. The van der Waals surface area contributed by atoms with Gasteiger partial charge in [-0.2, -0.15) is 0 Å². The molecule has 0 amide bonds. The Morgan fingerprint density at radius 1 is 0.957 bits per heavy atom. The summed E-state index contributed by atoms with van der Waals surface area (Å²) in [5.41, 5.74) is 4.71. The second-order valence-electron chi connectivity index (χ2n) is 17.0. The maximum Gasteiger partial charge on any atom is 0.331 e. The normalized spacial score (nSPS) is 39.0. The lowest BCUT2D eigenvalue weighted by molar-refractivity contribution is -0.229. The van der Waals surface area contributed by atoms with Gasteiger partial charge in [0.2, 0.25) is 0 Å². The molecule has 4 nitrogen and oxygen atoms in total. The molecule has 4 aliphatic rings. The molecule has 10 atom stereocenters. The third-order valence-electron chi connectivity index (χ3n) is 14.5. The Bertz CT molecular complexity index is 1620. The first-order valence-electron chi connectivity index (χ1n) is 18.2. The van der Waals surface area contributed by atoms with E-state index in [0.29, 0.717) is 48.3 Å². The molecule has 2 aromatic carbocycles. The number of ether oxygens (including phenoxy) is 1. The molecule has 1 unspecified atom stereocenters. The number of allylic oxidation sites excluding steroid dienone is 3. The molecule has 0 aromatic heterocycles. The number of rotatable bonds is 7. The van der Waals surface area contributed by atoms with Crippen LogP contribution < -0.4 is 0 Å². The van der Waals surface area contributed by atoms with Gasteiger partial charge in [-0.25, -0.2) is 4.79 Å². The Balaban J connectivity index is 1.42. The third kappa shape index (κ3) is 5.32. The number of benzene rings is 2. The average molecular weight is 639 g/mol. The van der Waals surface area contributed by atoms with E-state index in [0.717, 1.165) is 24.8 Å². The summed E-state index contributed by atoms with van der Waals surface area (Å²) in [5.74, 6) is 1.87. The highest BCUT2D eigenvalue weighted by molar-refractivity contribution is 5.95. The monoisotopic (exact) mass is 638 g/mol. The fourth-order valence-corrected chi connectivity index (χ4v) is 11.9. The van der Waals surface area contributed by atoms with E-state index >= 15 is 0 Å². The predicted octanol–water partition coefficient (Wildman–Crippen LogP) is 10.6. The maximum absolute atomic E-state index is 13.4. The smallest absolute Gasteiger partial charge is 0.331 e. The Labute approximate surface area is 283 Å². The van der Waals surface area contributed by atoms with E-state index in [-0.39, 0.29) is 34.2 Å². The fraction of sp³-hybridized carbons (Fsp3) is 0.605. The molecule has 0 saturated heterocycles. The van der Waals surface area contributed by atoms with Crippen LogP contribution in [0.2, 0.25) is 0 Å². The number of fused-ring (bicyclic) bond motifs is 6. The lowest BCUT2D eigenvalue weighted by Gasteiger charge is -2.69. The highest BCUT2D eigenvalue weighted by atomic mass is 16.5. The van der Waals surface area contributed by atoms with Crippen molar-refractivity contribution in [1.82, 2.24) is 0 Å². The van der Waals surface area contributed by atoms with E-state index < -0.39 is 12.1 Å². The molecule has 254 valence electrons. The van der Waals surface area contributed by atoms with Crippen molar-refractivity contribution in [2.75, 3.05) is 0 Å². The van der Waals surface area contributed by atoms with Gasteiger partial charge in [-0.15, -0.1) is 0 Å². The number of carboxylic acids is 1. The van der Waals surface area contributed by atoms with Gasteiger partial charge in [0.15, 0.2) is 0 Å². The molecular formula is C43H58O4. The van der Waals surface area contributed by atoms with Gasteiger partial charge in [-0.05, 0) is 145 Å².